The van der Waals surface area contributed by atoms with Gasteiger partial charge >= 0.3 is 5.97 Å². The van der Waals surface area contributed by atoms with Gasteiger partial charge in [0.1, 0.15) is 10.6 Å². The van der Waals surface area contributed by atoms with Crippen LogP contribution in [0.15, 0.2) is 34.1 Å². The Labute approximate surface area is 132 Å². The zero-order valence-corrected chi connectivity index (χ0v) is 13.1. The lowest BCUT2D eigenvalue weighted by Crippen LogP contribution is -2.38. The van der Waals surface area contributed by atoms with E-state index < -0.39 is 5.97 Å². The largest absolute Gasteiger partial charge is 0.482 e. The number of benzene rings is 1. The number of rotatable bonds is 3. The van der Waals surface area contributed by atoms with Gasteiger partial charge in [-0.05, 0) is 35.2 Å². The van der Waals surface area contributed by atoms with Crippen molar-refractivity contribution in [1.82, 2.24) is 0 Å². The van der Waals surface area contributed by atoms with Crippen LogP contribution in [-0.2, 0) is 11.3 Å². The second-order valence-electron chi connectivity index (χ2n) is 4.46. The molecule has 0 atom stereocenters. The highest BCUT2D eigenvalue weighted by atomic mass is 79.9. The third-order valence-corrected chi connectivity index (χ3v) is 4.57. The van der Waals surface area contributed by atoms with Crippen LogP contribution in [0.1, 0.15) is 15.2 Å². The summed E-state index contributed by atoms with van der Waals surface area (Å²) in [5, 5.41) is 10.9. The Morgan fingerprint density at radius 3 is 3.00 bits per heavy atom. The lowest BCUT2D eigenvalue weighted by atomic mass is 10.2. The van der Waals surface area contributed by atoms with Crippen LogP contribution in [0.5, 0.6) is 5.75 Å². The molecule has 7 heteroatoms. The maximum Gasteiger partial charge on any atom is 0.346 e. The number of nitrogens with zero attached hydrogens (tertiary/aromatic N) is 1. The number of anilines is 1. The second kappa shape index (κ2) is 5.50. The summed E-state index contributed by atoms with van der Waals surface area (Å²) in [5.41, 5.74) is 1.26. The summed E-state index contributed by atoms with van der Waals surface area (Å²) in [4.78, 5) is 25.1. The molecule has 1 aliphatic heterocycles. The van der Waals surface area contributed by atoms with Crippen LogP contribution in [0, 0.1) is 0 Å². The van der Waals surface area contributed by atoms with Gasteiger partial charge in [-0.25, -0.2) is 4.79 Å². The molecule has 2 heterocycles. The zero-order valence-electron chi connectivity index (χ0n) is 10.7. The summed E-state index contributed by atoms with van der Waals surface area (Å²) in [6.45, 7) is 0.179. The molecule has 1 aromatic heterocycles. The van der Waals surface area contributed by atoms with Gasteiger partial charge in [0.25, 0.3) is 5.91 Å². The molecule has 0 saturated heterocycles. The summed E-state index contributed by atoms with van der Waals surface area (Å²) in [6.07, 6.45) is 0. The first-order valence-electron chi connectivity index (χ1n) is 6.08. The SMILES string of the molecule is O=C(O)c1sccc1CN1C(=O)COc2ccc(Br)cc21. The van der Waals surface area contributed by atoms with E-state index in [1.807, 2.05) is 6.07 Å². The summed E-state index contributed by atoms with van der Waals surface area (Å²) in [5.74, 6) is -0.553. The Morgan fingerprint density at radius 2 is 2.24 bits per heavy atom. The van der Waals surface area contributed by atoms with Crippen molar-refractivity contribution < 1.29 is 19.4 Å². The number of halogens is 1. The average Bonchev–Trinajstić information content (AvgIpc) is 2.90. The summed E-state index contributed by atoms with van der Waals surface area (Å²) in [6, 6.07) is 7.14. The summed E-state index contributed by atoms with van der Waals surface area (Å²) < 4.78 is 6.22. The molecule has 21 heavy (non-hydrogen) atoms. The van der Waals surface area contributed by atoms with Crippen molar-refractivity contribution in [2.24, 2.45) is 0 Å². The Kier molecular flexibility index (Phi) is 3.69. The molecular weight excluding hydrogens is 358 g/mol. The van der Waals surface area contributed by atoms with Crippen LogP contribution < -0.4 is 9.64 Å². The van der Waals surface area contributed by atoms with Gasteiger partial charge in [-0.2, -0.15) is 0 Å². The summed E-state index contributed by atoms with van der Waals surface area (Å²) in [7, 11) is 0. The van der Waals surface area contributed by atoms with Crippen molar-refractivity contribution in [1.29, 1.82) is 0 Å². The average molecular weight is 368 g/mol. The number of ether oxygens (including phenoxy) is 1. The molecule has 0 aliphatic carbocycles. The fourth-order valence-electron chi connectivity index (χ4n) is 2.17. The van der Waals surface area contributed by atoms with Crippen molar-refractivity contribution in [3.8, 4) is 5.75 Å². The van der Waals surface area contributed by atoms with E-state index in [2.05, 4.69) is 15.9 Å². The van der Waals surface area contributed by atoms with Gasteiger partial charge in [0.2, 0.25) is 0 Å². The first-order chi connectivity index (χ1) is 10.1. The standard InChI is InChI=1S/C14H10BrNO4S/c15-9-1-2-11-10(5-9)16(12(17)7-20-11)6-8-3-4-21-13(8)14(18)19/h1-5H,6-7H2,(H,18,19). The quantitative estimate of drug-likeness (QED) is 0.904. The van der Waals surface area contributed by atoms with Crippen LogP contribution >= 0.6 is 27.3 Å². The fourth-order valence-corrected chi connectivity index (χ4v) is 3.27. The number of fused-ring (bicyclic) bond motifs is 1. The lowest BCUT2D eigenvalue weighted by molar-refractivity contribution is -0.121. The van der Waals surface area contributed by atoms with Crippen LogP contribution in [0.4, 0.5) is 5.69 Å². The molecule has 0 bridgehead atoms. The van der Waals surface area contributed by atoms with E-state index in [0.717, 1.165) is 15.8 Å². The lowest BCUT2D eigenvalue weighted by Gasteiger charge is -2.29. The summed E-state index contributed by atoms with van der Waals surface area (Å²) >= 11 is 4.52. The molecule has 5 nitrogen and oxygen atoms in total. The Bertz CT molecular complexity index is 728. The van der Waals surface area contributed by atoms with Gasteiger partial charge in [0.05, 0.1) is 12.2 Å². The smallest absolute Gasteiger partial charge is 0.346 e. The van der Waals surface area contributed by atoms with Gasteiger partial charge in [0.15, 0.2) is 6.61 Å². The molecule has 3 rings (SSSR count). The topological polar surface area (TPSA) is 66.8 Å². The highest BCUT2D eigenvalue weighted by Gasteiger charge is 2.27. The highest BCUT2D eigenvalue weighted by molar-refractivity contribution is 9.10. The number of hydrogen-bond donors (Lipinski definition) is 1. The number of thiophene rings is 1. The third-order valence-electron chi connectivity index (χ3n) is 3.13. The molecule has 108 valence electrons. The molecule has 2 aromatic rings. The molecule has 1 N–H and O–H groups in total. The minimum absolute atomic E-state index is 0.0405. The number of carboxylic acids is 1. The van der Waals surface area contributed by atoms with Gasteiger partial charge < -0.3 is 14.7 Å². The molecule has 0 radical (unpaired) electrons. The Balaban J connectivity index is 1.98. The monoisotopic (exact) mass is 367 g/mol. The van der Waals surface area contributed by atoms with E-state index in [9.17, 15) is 9.59 Å². The number of amides is 1. The Morgan fingerprint density at radius 1 is 1.43 bits per heavy atom. The number of hydrogen-bond acceptors (Lipinski definition) is 4. The van der Waals surface area contributed by atoms with Crippen molar-refractivity contribution >= 4 is 44.8 Å². The van der Waals surface area contributed by atoms with Gasteiger partial charge in [-0.3, -0.25) is 4.79 Å². The molecule has 1 aromatic carbocycles. The molecule has 0 spiro atoms. The van der Waals surface area contributed by atoms with Crippen LogP contribution in [0.3, 0.4) is 0 Å². The van der Waals surface area contributed by atoms with E-state index >= 15 is 0 Å². The zero-order chi connectivity index (χ0) is 15.0. The van der Waals surface area contributed by atoms with Crippen LogP contribution in [0.2, 0.25) is 0 Å². The number of aromatic carboxylic acids is 1. The number of carbonyl (C=O) groups is 2. The molecule has 0 unspecified atom stereocenters. The number of carbonyl (C=O) groups excluding carboxylic acids is 1. The predicted molar refractivity (Wildman–Crippen MR) is 82.1 cm³/mol. The van der Waals surface area contributed by atoms with E-state index in [1.54, 1.807) is 28.5 Å². The predicted octanol–water partition coefficient (Wildman–Crippen LogP) is 3.13. The van der Waals surface area contributed by atoms with Crippen molar-refractivity contribution in [2.75, 3.05) is 11.5 Å². The van der Waals surface area contributed by atoms with Gasteiger partial charge in [0, 0.05) is 4.47 Å². The maximum atomic E-state index is 12.1. The normalized spacial score (nSPS) is 13.8. The minimum Gasteiger partial charge on any atom is -0.482 e. The fraction of sp³-hybridized carbons (Fsp3) is 0.143. The van der Waals surface area contributed by atoms with E-state index in [-0.39, 0.29) is 23.9 Å². The van der Waals surface area contributed by atoms with Gasteiger partial charge in [-0.15, -0.1) is 11.3 Å². The molecular formula is C14H10BrNO4S. The van der Waals surface area contributed by atoms with Crippen LogP contribution in [-0.4, -0.2) is 23.6 Å². The van der Waals surface area contributed by atoms with Crippen LogP contribution in [0.25, 0.3) is 0 Å². The minimum atomic E-state index is -0.977. The third kappa shape index (κ3) is 2.66. The molecule has 0 saturated carbocycles. The van der Waals surface area contributed by atoms with E-state index in [4.69, 9.17) is 9.84 Å². The highest BCUT2D eigenvalue weighted by Crippen LogP contribution is 2.36. The molecule has 1 aliphatic rings. The van der Waals surface area contributed by atoms with Crippen molar-refractivity contribution in [3.05, 3.63) is 44.6 Å². The van der Waals surface area contributed by atoms with Gasteiger partial charge in [-0.1, -0.05) is 15.9 Å². The first-order valence-corrected chi connectivity index (χ1v) is 7.76. The maximum absolute atomic E-state index is 12.1. The van der Waals surface area contributed by atoms with E-state index in [1.165, 1.54) is 0 Å². The number of carboxylic acid groups (broad SMARTS) is 1. The molecule has 0 fully saturated rings. The first kappa shape index (κ1) is 14.1. The second-order valence-corrected chi connectivity index (χ2v) is 6.29. The van der Waals surface area contributed by atoms with E-state index in [0.29, 0.717) is 17.0 Å². The Hall–Kier alpha value is -1.86. The van der Waals surface area contributed by atoms with Crippen molar-refractivity contribution in [2.45, 2.75) is 6.54 Å². The molecule has 1 amide bonds. The van der Waals surface area contributed by atoms with Crippen molar-refractivity contribution in [3.63, 3.8) is 0 Å².